The van der Waals surface area contributed by atoms with Crippen molar-refractivity contribution in [1.82, 2.24) is 0 Å². The van der Waals surface area contributed by atoms with Gasteiger partial charge in [-0.25, -0.2) is 0 Å². The van der Waals surface area contributed by atoms with Crippen molar-refractivity contribution in [3.63, 3.8) is 0 Å². The van der Waals surface area contributed by atoms with E-state index in [-0.39, 0.29) is 0 Å². The van der Waals surface area contributed by atoms with Gasteiger partial charge in [0.1, 0.15) is 5.75 Å². The van der Waals surface area contributed by atoms with Crippen molar-refractivity contribution in [2.24, 2.45) is 0 Å². The number of hydrogen-bond acceptors (Lipinski definition) is 2. The molecule has 0 saturated carbocycles. The molecule has 4 heteroatoms. The molecule has 0 N–H and O–H groups in total. The van der Waals surface area contributed by atoms with Gasteiger partial charge in [0, 0.05) is 26.3 Å². The van der Waals surface area contributed by atoms with Crippen LogP contribution in [0.5, 0.6) is 5.75 Å². The summed E-state index contributed by atoms with van der Waals surface area (Å²) in [6.07, 6.45) is 0. The largest absolute Gasteiger partial charge is 0.496 e. The zero-order valence-electron chi connectivity index (χ0n) is 12.6. The quantitative estimate of drug-likeness (QED) is 0.540. The fourth-order valence-electron chi connectivity index (χ4n) is 1.58. The minimum Gasteiger partial charge on any atom is -0.496 e. The molecule has 0 unspecified atom stereocenters. The lowest BCUT2D eigenvalue weighted by Crippen LogP contribution is -2.26. The zero-order chi connectivity index (χ0) is 14.5. The highest BCUT2D eigenvalue weighted by Gasteiger charge is 2.23. The molecule has 1 aromatic carbocycles. The van der Waals surface area contributed by atoms with Crippen LogP contribution >= 0.6 is 15.9 Å². The highest BCUT2D eigenvalue weighted by atomic mass is 79.9. The molecule has 0 atom stereocenters. The molecule has 0 spiro atoms. The van der Waals surface area contributed by atoms with Gasteiger partial charge in [0.15, 0.2) is 0 Å². The molecular weight excluding hydrogens is 320 g/mol. The number of hydrogen-bond donors (Lipinski definition) is 0. The summed E-state index contributed by atoms with van der Waals surface area (Å²) in [5.74, 6) is 0.913. The molecule has 0 radical (unpaired) electrons. The minimum atomic E-state index is -0.700. The number of halogens is 1. The first-order valence-electron chi connectivity index (χ1n) is 6.70. The summed E-state index contributed by atoms with van der Waals surface area (Å²) < 4.78 is 11.3. The van der Waals surface area contributed by atoms with Gasteiger partial charge >= 0.3 is 0 Å². The monoisotopic (exact) mass is 344 g/mol. The summed E-state index contributed by atoms with van der Waals surface area (Å²) in [5, 5.41) is 1.18. The topological polar surface area (TPSA) is 18.5 Å². The van der Waals surface area contributed by atoms with Gasteiger partial charge in [0.25, 0.3) is 0 Å². The van der Waals surface area contributed by atoms with Crippen molar-refractivity contribution >= 4 is 24.7 Å². The molecule has 0 heterocycles. The number of alkyl halides is 1. The molecule has 19 heavy (non-hydrogen) atoms. The summed E-state index contributed by atoms with van der Waals surface area (Å²) >= 11 is 3.46. The van der Waals surface area contributed by atoms with Crippen molar-refractivity contribution in [1.29, 1.82) is 0 Å². The molecule has 2 nitrogen and oxygen atoms in total. The van der Waals surface area contributed by atoms with Gasteiger partial charge in [-0.2, -0.15) is 0 Å². The third-order valence-electron chi connectivity index (χ3n) is 3.80. The Morgan fingerprint density at radius 3 is 2.47 bits per heavy atom. The third kappa shape index (κ3) is 4.93. The average Bonchev–Trinajstić information content (AvgIpc) is 2.38. The van der Waals surface area contributed by atoms with E-state index < -0.39 is 8.80 Å². The smallest absolute Gasteiger partial charge is 0.124 e. The Bertz CT molecular complexity index is 405. The molecule has 0 bridgehead atoms. The van der Waals surface area contributed by atoms with E-state index >= 15 is 0 Å². The van der Waals surface area contributed by atoms with Crippen LogP contribution in [-0.2, 0) is 16.7 Å². The summed E-state index contributed by atoms with van der Waals surface area (Å²) in [5.41, 5.74) is 2.34. The molecule has 1 aromatic rings. The number of benzene rings is 1. The van der Waals surface area contributed by atoms with Crippen molar-refractivity contribution in [2.75, 3.05) is 13.7 Å². The number of rotatable bonds is 7. The Kier molecular flexibility index (Phi) is 6.57. The number of ether oxygens (including phenoxy) is 2. The standard InChI is InChI=1S/C15H25BrO2Si/c1-15(2,19(4)5)11-18-10-13-7-6-12(9-16)8-14(13)17-3/h6-8,19H,9-11H2,1-5H3. The Labute approximate surface area is 127 Å². The first-order chi connectivity index (χ1) is 8.90. The molecule has 108 valence electrons. The average molecular weight is 345 g/mol. The molecule has 0 aromatic heterocycles. The highest BCUT2D eigenvalue weighted by molar-refractivity contribution is 9.08. The second-order valence-electron chi connectivity index (χ2n) is 5.92. The highest BCUT2D eigenvalue weighted by Crippen LogP contribution is 2.29. The molecule has 0 amide bonds. The molecule has 0 aliphatic carbocycles. The molecule has 0 aliphatic heterocycles. The van der Waals surface area contributed by atoms with Gasteiger partial charge in [-0.1, -0.05) is 55.0 Å². The van der Waals surface area contributed by atoms with Gasteiger partial charge in [0.2, 0.25) is 0 Å². The lowest BCUT2D eigenvalue weighted by molar-refractivity contribution is 0.0990. The van der Waals surface area contributed by atoms with Gasteiger partial charge in [-0.05, 0) is 16.7 Å². The lowest BCUT2D eigenvalue weighted by atomic mass is 10.1. The van der Waals surface area contributed by atoms with Crippen LogP contribution in [0, 0.1) is 0 Å². The van der Waals surface area contributed by atoms with Crippen molar-refractivity contribution in [2.45, 2.75) is 43.9 Å². The van der Waals surface area contributed by atoms with E-state index in [1.54, 1.807) is 7.11 Å². The lowest BCUT2D eigenvalue weighted by Gasteiger charge is -2.28. The first kappa shape index (κ1) is 16.7. The SMILES string of the molecule is COc1cc(CBr)ccc1COCC(C)(C)[SiH](C)C. The third-order valence-corrected chi connectivity index (χ3v) is 7.74. The summed E-state index contributed by atoms with van der Waals surface area (Å²) in [4.78, 5) is 0. The molecule has 0 aliphatic rings. The molecule has 1 rings (SSSR count). The van der Waals surface area contributed by atoms with Gasteiger partial charge in [-0.15, -0.1) is 0 Å². The normalized spacial score (nSPS) is 11.9. The van der Waals surface area contributed by atoms with E-state index in [0.717, 1.165) is 23.2 Å². The summed E-state index contributed by atoms with van der Waals surface area (Å²) in [6.45, 7) is 10.8. The second kappa shape index (κ2) is 7.46. The van der Waals surface area contributed by atoms with Gasteiger partial charge in [-0.3, -0.25) is 0 Å². The maximum Gasteiger partial charge on any atom is 0.124 e. The Morgan fingerprint density at radius 1 is 1.26 bits per heavy atom. The van der Waals surface area contributed by atoms with Crippen LogP contribution in [-0.4, -0.2) is 22.5 Å². The van der Waals surface area contributed by atoms with E-state index in [1.807, 2.05) is 0 Å². The van der Waals surface area contributed by atoms with Crippen LogP contribution in [0.25, 0.3) is 0 Å². The van der Waals surface area contributed by atoms with Crippen molar-refractivity contribution < 1.29 is 9.47 Å². The minimum absolute atomic E-state index is 0.336. The maximum absolute atomic E-state index is 5.90. The predicted molar refractivity (Wildman–Crippen MR) is 88.2 cm³/mol. The zero-order valence-corrected chi connectivity index (χ0v) is 15.4. The summed E-state index contributed by atoms with van der Waals surface area (Å²) in [6, 6.07) is 6.27. The van der Waals surface area contributed by atoms with Gasteiger partial charge < -0.3 is 9.47 Å². The number of methoxy groups -OCH3 is 1. The van der Waals surface area contributed by atoms with Crippen molar-refractivity contribution in [3.05, 3.63) is 29.3 Å². The van der Waals surface area contributed by atoms with Crippen LogP contribution < -0.4 is 4.74 Å². The predicted octanol–water partition coefficient (Wildman–Crippen LogP) is 4.37. The van der Waals surface area contributed by atoms with Crippen LogP contribution in [0.1, 0.15) is 25.0 Å². The Morgan fingerprint density at radius 2 is 1.95 bits per heavy atom. The summed E-state index contributed by atoms with van der Waals surface area (Å²) in [7, 11) is 1.01. The van der Waals surface area contributed by atoms with Crippen LogP contribution in [0.3, 0.4) is 0 Å². The van der Waals surface area contributed by atoms with E-state index in [0.29, 0.717) is 11.6 Å². The molecule has 0 fully saturated rings. The Balaban J connectivity index is 2.63. The van der Waals surface area contributed by atoms with E-state index in [9.17, 15) is 0 Å². The van der Waals surface area contributed by atoms with Crippen LogP contribution in [0.15, 0.2) is 18.2 Å². The first-order valence-corrected chi connectivity index (χ1v) is 10.7. The van der Waals surface area contributed by atoms with Crippen LogP contribution in [0.2, 0.25) is 18.1 Å². The van der Waals surface area contributed by atoms with Gasteiger partial charge in [0.05, 0.1) is 13.7 Å². The fourth-order valence-corrected chi connectivity index (χ4v) is 2.38. The molecule has 0 saturated heterocycles. The fraction of sp³-hybridized carbons (Fsp3) is 0.600. The van der Waals surface area contributed by atoms with E-state index in [4.69, 9.17) is 9.47 Å². The van der Waals surface area contributed by atoms with Crippen molar-refractivity contribution in [3.8, 4) is 5.75 Å². The molecular formula is C15H25BrO2Si. The second-order valence-corrected chi connectivity index (χ2v) is 10.3. The van der Waals surface area contributed by atoms with Crippen LogP contribution in [0.4, 0.5) is 0 Å². The Hall–Kier alpha value is -0.323. The van der Waals surface area contributed by atoms with E-state index in [2.05, 4.69) is 61.1 Å². The maximum atomic E-state index is 5.90. The van der Waals surface area contributed by atoms with E-state index in [1.165, 1.54) is 5.56 Å².